The van der Waals surface area contributed by atoms with Gasteiger partial charge in [0.25, 0.3) is 0 Å². The van der Waals surface area contributed by atoms with Crippen LogP contribution < -0.4 is 5.32 Å². The topological polar surface area (TPSA) is 65.0 Å². The van der Waals surface area contributed by atoms with Crippen molar-refractivity contribution in [2.24, 2.45) is 4.99 Å². The van der Waals surface area contributed by atoms with Crippen LogP contribution in [0.25, 0.3) is 0 Å². The van der Waals surface area contributed by atoms with E-state index >= 15 is 0 Å². The third-order valence-corrected chi connectivity index (χ3v) is 6.15. The number of halogens is 1. The lowest BCUT2D eigenvalue weighted by molar-refractivity contribution is 0.459. The van der Waals surface area contributed by atoms with Gasteiger partial charge in [-0.2, -0.15) is 0 Å². The fourth-order valence-electron chi connectivity index (χ4n) is 2.25. The minimum absolute atomic E-state index is 0.130. The summed E-state index contributed by atoms with van der Waals surface area (Å²) in [4.78, 5) is 6.68. The summed E-state index contributed by atoms with van der Waals surface area (Å²) in [5.41, 5.74) is 1.20. The van der Waals surface area contributed by atoms with E-state index in [0.717, 1.165) is 23.5 Å². The van der Waals surface area contributed by atoms with Crippen molar-refractivity contribution in [3.05, 3.63) is 34.3 Å². The van der Waals surface area contributed by atoms with Crippen LogP contribution in [0, 0.1) is 0 Å². The molecule has 1 aromatic carbocycles. The Labute approximate surface area is 160 Å². The number of aliphatic imine (C=N–C) groups is 1. The molecule has 0 aromatic heterocycles. The predicted octanol–water partition coefficient (Wildman–Crippen LogP) is 2.52. The molecule has 6 nitrogen and oxygen atoms in total. The van der Waals surface area contributed by atoms with Crippen LogP contribution >= 0.6 is 15.9 Å². The molecule has 0 aliphatic rings. The number of hydrogen-bond acceptors (Lipinski definition) is 3. The molecule has 1 rings (SSSR count). The van der Waals surface area contributed by atoms with Gasteiger partial charge in [-0.25, -0.2) is 12.7 Å². The highest BCUT2D eigenvalue weighted by Crippen LogP contribution is 2.11. The molecule has 0 bridgehead atoms. The van der Waals surface area contributed by atoms with Crippen LogP contribution in [-0.4, -0.2) is 63.1 Å². The number of hydrogen-bond donors (Lipinski definition) is 1. The van der Waals surface area contributed by atoms with Crippen molar-refractivity contribution in [1.82, 2.24) is 14.5 Å². The Bertz CT molecular complexity index is 647. The second-order valence-electron chi connectivity index (χ2n) is 5.79. The smallest absolute Gasteiger partial charge is 0.213 e. The summed E-state index contributed by atoms with van der Waals surface area (Å²) >= 11 is 3.44. The quantitative estimate of drug-likeness (QED) is 0.369. The van der Waals surface area contributed by atoms with Gasteiger partial charge in [0, 0.05) is 44.7 Å². The molecule has 0 heterocycles. The predicted molar refractivity (Wildman–Crippen MR) is 108 cm³/mol. The van der Waals surface area contributed by atoms with Gasteiger partial charge in [0.2, 0.25) is 10.0 Å². The average Bonchev–Trinajstić information content (AvgIpc) is 2.59. The van der Waals surface area contributed by atoms with Crippen molar-refractivity contribution in [2.45, 2.75) is 26.8 Å². The highest BCUT2D eigenvalue weighted by Gasteiger charge is 2.14. The lowest BCUT2D eigenvalue weighted by Gasteiger charge is -2.22. The molecule has 0 spiro atoms. The van der Waals surface area contributed by atoms with Gasteiger partial charge in [0.05, 0.1) is 5.75 Å². The summed E-state index contributed by atoms with van der Waals surface area (Å²) in [5.74, 6) is 0.956. The molecule has 0 saturated carbocycles. The summed E-state index contributed by atoms with van der Waals surface area (Å²) < 4.78 is 25.9. The summed E-state index contributed by atoms with van der Waals surface area (Å²) in [6, 6.07) is 8.21. The molecule has 0 amide bonds. The molecule has 0 saturated heterocycles. The van der Waals surface area contributed by atoms with Crippen molar-refractivity contribution >= 4 is 31.9 Å². The Hall–Kier alpha value is -1.12. The molecule has 0 unspecified atom stereocenters. The normalized spacial score (nSPS) is 12.5. The molecule has 142 valence electrons. The van der Waals surface area contributed by atoms with Crippen LogP contribution in [0.5, 0.6) is 0 Å². The molecule has 1 aromatic rings. The molecular weight excluding hydrogens is 404 g/mol. The van der Waals surface area contributed by atoms with Crippen molar-refractivity contribution in [3.8, 4) is 0 Å². The number of sulfonamides is 1. The van der Waals surface area contributed by atoms with E-state index in [-0.39, 0.29) is 5.75 Å². The second-order valence-corrected chi connectivity index (χ2v) is 9.07. The van der Waals surface area contributed by atoms with Crippen LogP contribution in [0.2, 0.25) is 0 Å². The van der Waals surface area contributed by atoms with Crippen LogP contribution in [0.4, 0.5) is 0 Å². The number of nitrogens with one attached hydrogen (secondary N) is 1. The third-order valence-electron chi connectivity index (χ3n) is 3.76. The molecule has 0 fully saturated rings. The lowest BCUT2D eigenvalue weighted by Crippen LogP contribution is -2.38. The summed E-state index contributed by atoms with van der Waals surface area (Å²) in [6.45, 7) is 6.29. The molecule has 1 N–H and O–H groups in total. The molecule has 0 aliphatic carbocycles. The van der Waals surface area contributed by atoms with Gasteiger partial charge in [-0.05, 0) is 38.0 Å². The Morgan fingerprint density at radius 3 is 2.40 bits per heavy atom. The first-order valence-corrected chi connectivity index (χ1v) is 10.9. The largest absolute Gasteiger partial charge is 0.357 e. The zero-order chi connectivity index (χ0) is 18.9. The minimum atomic E-state index is -3.11. The molecular formula is C17H29BrN4O2S. The highest BCUT2D eigenvalue weighted by molar-refractivity contribution is 9.10. The van der Waals surface area contributed by atoms with Crippen LogP contribution in [-0.2, 0) is 16.6 Å². The summed E-state index contributed by atoms with van der Waals surface area (Å²) in [5, 5.41) is 3.28. The number of benzene rings is 1. The Balaban J connectivity index is 2.59. The first kappa shape index (κ1) is 21.9. The van der Waals surface area contributed by atoms with E-state index in [1.807, 2.05) is 26.1 Å². The zero-order valence-electron chi connectivity index (χ0n) is 15.5. The maximum atomic E-state index is 11.7. The maximum absolute atomic E-state index is 11.7. The summed E-state index contributed by atoms with van der Waals surface area (Å²) in [6.07, 6.45) is 0.691. The van der Waals surface area contributed by atoms with Gasteiger partial charge in [-0.3, -0.25) is 4.99 Å². The maximum Gasteiger partial charge on any atom is 0.213 e. The van der Waals surface area contributed by atoms with Crippen molar-refractivity contribution in [1.29, 1.82) is 0 Å². The van der Waals surface area contributed by atoms with E-state index in [1.165, 1.54) is 9.87 Å². The number of guanidine groups is 1. The van der Waals surface area contributed by atoms with E-state index in [1.54, 1.807) is 14.0 Å². The van der Waals surface area contributed by atoms with Gasteiger partial charge in [-0.1, -0.05) is 28.1 Å². The molecule has 8 heteroatoms. The SMILES string of the molecule is CCNC(=NCCCN(C)S(=O)(=O)CC)N(C)Cc1ccc(Br)cc1. The first-order chi connectivity index (χ1) is 11.8. The fourth-order valence-corrected chi connectivity index (χ4v) is 3.36. The van der Waals surface area contributed by atoms with Crippen LogP contribution in [0.3, 0.4) is 0 Å². The molecule has 0 atom stereocenters. The molecule has 0 radical (unpaired) electrons. The number of nitrogens with zero attached hydrogens (tertiary/aromatic N) is 3. The zero-order valence-corrected chi connectivity index (χ0v) is 17.9. The van der Waals surface area contributed by atoms with E-state index < -0.39 is 10.0 Å². The molecule has 0 aliphatic heterocycles. The Morgan fingerprint density at radius 2 is 1.84 bits per heavy atom. The van der Waals surface area contributed by atoms with E-state index in [4.69, 9.17) is 0 Å². The summed E-state index contributed by atoms with van der Waals surface area (Å²) in [7, 11) is 0.501. The van der Waals surface area contributed by atoms with Gasteiger partial charge >= 0.3 is 0 Å². The Kier molecular flexibility index (Phi) is 9.45. The molecule has 25 heavy (non-hydrogen) atoms. The first-order valence-electron chi connectivity index (χ1n) is 8.48. The third kappa shape index (κ3) is 7.75. The van der Waals surface area contributed by atoms with Gasteiger partial charge < -0.3 is 10.2 Å². The standard InChI is InChI=1S/C17H29BrN4O2S/c1-5-19-17(20-12-7-13-22(4)25(23,24)6-2)21(3)14-15-8-10-16(18)11-9-15/h8-11H,5-7,12-14H2,1-4H3,(H,19,20). The monoisotopic (exact) mass is 432 g/mol. The van der Waals surface area contributed by atoms with Gasteiger partial charge in [-0.15, -0.1) is 0 Å². The van der Waals surface area contributed by atoms with Gasteiger partial charge in [0.1, 0.15) is 0 Å². The second kappa shape index (κ2) is 10.8. The lowest BCUT2D eigenvalue weighted by atomic mass is 10.2. The Morgan fingerprint density at radius 1 is 1.20 bits per heavy atom. The minimum Gasteiger partial charge on any atom is -0.357 e. The average molecular weight is 433 g/mol. The number of rotatable bonds is 9. The highest BCUT2D eigenvalue weighted by atomic mass is 79.9. The van der Waals surface area contributed by atoms with Crippen LogP contribution in [0.15, 0.2) is 33.7 Å². The van der Waals surface area contributed by atoms with Crippen LogP contribution in [0.1, 0.15) is 25.8 Å². The van der Waals surface area contributed by atoms with Crippen molar-refractivity contribution in [2.75, 3.05) is 39.5 Å². The van der Waals surface area contributed by atoms with Crippen molar-refractivity contribution < 1.29 is 8.42 Å². The van der Waals surface area contributed by atoms with Crippen molar-refractivity contribution in [3.63, 3.8) is 0 Å². The van der Waals surface area contributed by atoms with E-state index in [0.29, 0.717) is 19.5 Å². The van der Waals surface area contributed by atoms with Gasteiger partial charge in [0.15, 0.2) is 5.96 Å². The fraction of sp³-hybridized carbons (Fsp3) is 0.588. The van der Waals surface area contributed by atoms with E-state index in [9.17, 15) is 8.42 Å². The van der Waals surface area contributed by atoms with E-state index in [2.05, 4.69) is 43.3 Å².